The lowest BCUT2D eigenvalue weighted by Crippen LogP contribution is -2.37. The standard InChI is InChI=1S/C15H27N5O3S/c1-3-4-11-24(21,22)17-6-5-16-14-12-15(19-13(2)18-14)20-7-9-23-10-8-20/h12,17H,3-11H2,1-2H3,(H,16,18,19). The van der Waals surface area contributed by atoms with Gasteiger partial charge in [0.25, 0.3) is 0 Å². The van der Waals surface area contributed by atoms with Gasteiger partial charge in [-0.1, -0.05) is 13.3 Å². The van der Waals surface area contributed by atoms with Crippen molar-refractivity contribution in [3.63, 3.8) is 0 Å². The number of unbranched alkanes of at least 4 members (excludes halogenated alkanes) is 1. The Labute approximate surface area is 144 Å². The zero-order valence-electron chi connectivity index (χ0n) is 14.4. The summed E-state index contributed by atoms with van der Waals surface area (Å²) in [6.45, 7) is 7.66. The molecular formula is C15H27N5O3S. The summed E-state index contributed by atoms with van der Waals surface area (Å²) in [7, 11) is -3.18. The summed E-state index contributed by atoms with van der Waals surface area (Å²) in [6.07, 6.45) is 1.54. The Kier molecular flexibility index (Phi) is 7.19. The highest BCUT2D eigenvalue weighted by atomic mass is 32.2. The van der Waals surface area contributed by atoms with Crippen LogP contribution in [-0.2, 0) is 14.8 Å². The molecule has 136 valence electrons. The van der Waals surface area contributed by atoms with Crippen LogP contribution in [-0.4, -0.2) is 63.5 Å². The third-order valence-corrected chi connectivity index (χ3v) is 5.15. The molecule has 2 heterocycles. The quantitative estimate of drug-likeness (QED) is 0.630. The van der Waals surface area contributed by atoms with Crippen LogP contribution in [0, 0.1) is 6.92 Å². The first-order chi connectivity index (χ1) is 11.5. The lowest BCUT2D eigenvalue weighted by molar-refractivity contribution is 0.122. The Morgan fingerprint density at radius 2 is 2.00 bits per heavy atom. The highest BCUT2D eigenvalue weighted by molar-refractivity contribution is 7.89. The third-order valence-electron chi connectivity index (χ3n) is 3.68. The first-order valence-corrected chi connectivity index (χ1v) is 10.0. The second-order valence-electron chi connectivity index (χ2n) is 5.75. The van der Waals surface area contributed by atoms with E-state index in [0.717, 1.165) is 25.3 Å². The minimum atomic E-state index is -3.18. The third kappa shape index (κ3) is 6.21. The summed E-state index contributed by atoms with van der Waals surface area (Å²) >= 11 is 0. The smallest absolute Gasteiger partial charge is 0.211 e. The maximum atomic E-state index is 11.7. The second-order valence-corrected chi connectivity index (χ2v) is 7.68. The maximum Gasteiger partial charge on any atom is 0.211 e. The summed E-state index contributed by atoms with van der Waals surface area (Å²) in [6, 6.07) is 1.89. The maximum absolute atomic E-state index is 11.7. The average Bonchev–Trinajstić information content (AvgIpc) is 2.57. The van der Waals surface area contributed by atoms with E-state index in [1.165, 1.54) is 0 Å². The monoisotopic (exact) mass is 357 g/mol. The predicted molar refractivity (Wildman–Crippen MR) is 95.0 cm³/mol. The Hall–Kier alpha value is -1.45. The van der Waals surface area contributed by atoms with E-state index >= 15 is 0 Å². The van der Waals surface area contributed by atoms with Crippen molar-refractivity contribution in [1.82, 2.24) is 14.7 Å². The molecule has 0 radical (unpaired) electrons. The number of nitrogens with zero attached hydrogens (tertiary/aromatic N) is 3. The SMILES string of the molecule is CCCCS(=O)(=O)NCCNc1cc(N2CCOCC2)nc(C)n1. The number of anilines is 2. The number of aromatic nitrogens is 2. The summed E-state index contributed by atoms with van der Waals surface area (Å²) in [5.41, 5.74) is 0. The molecule has 0 bridgehead atoms. The van der Waals surface area contributed by atoms with Crippen molar-refractivity contribution < 1.29 is 13.2 Å². The van der Waals surface area contributed by atoms with E-state index in [-0.39, 0.29) is 5.75 Å². The van der Waals surface area contributed by atoms with E-state index in [2.05, 4.69) is 24.9 Å². The lowest BCUT2D eigenvalue weighted by atomic mass is 10.4. The highest BCUT2D eigenvalue weighted by Crippen LogP contribution is 2.16. The van der Waals surface area contributed by atoms with Crippen LogP contribution < -0.4 is 14.9 Å². The molecule has 0 amide bonds. The van der Waals surface area contributed by atoms with Crippen molar-refractivity contribution in [2.75, 3.05) is 55.4 Å². The van der Waals surface area contributed by atoms with Crippen molar-refractivity contribution in [1.29, 1.82) is 0 Å². The van der Waals surface area contributed by atoms with Gasteiger partial charge in [-0.25, -0.2) is 23.1 Å². The van der Waals surface area contributed by atoms with Gasteiger partial charge in [0.1, 0.15) is 17.5 Å². The number of rotatable bonds is 9. The highest BCUT2D eigenvalue weighted by Gasteiger charge is 2.14. The van der Waals surface area contributed by atoms with Crippen molar-refractivity contribution in [2.24, 2.45) is 0 Å². The van der Waals surface area contributed by atoms with Gasteiger partial charge in [-0.3, -0.25) is 0 Å². The van der Waals surface area contributed by atoms with Gasteiger partial charge in [-0.2, -0.15) is 0 Å². The molecule has 2 rings (SSSR count). The Bertz CT molecular complexity index is 618. The van der Waals surface area contributed by atoms with E-state index in [9.17, 15) is 8.42 Å². The number of aryl methyl sites for hydroxylation is 1. The number of sulfonamides is 1. The van der Waals surface area contributed by atoms with Gasteiger partial charge in [0.05, 0.1) is 19.0 Å². The van der Waals surface area contributed by atoms with E-state index in [0.29, 0.717) is 44.4 Å². The molecule has 8 nitrogen and oxygen atoms in total. The molecule has 0 unspecified atom stereocenters. The molecule has 1 aliphatic rings. The summed E-state index contributed by atoms with van der Waals surface area (Å²) < 4.78 is 31.4. The van der Waals surface area contributed by atoms with Gasteiger partial charge < -0.3 is 15.0 Å². The molecule has 1 aliphatic heterocycles. The number of hydrogen-bond donors (Lipinski definition) is 2. The summed E-state index contributed by atoms with van der Waals surface area (Å²) in [4.78, 5) is 11.0. The average molecular weight is 357 g/mol. The van der Waals surface area contributed by atoms with Crippen LogP contribution in [0.5, 0.6) is 0 Å². The van der Waals surface area contributed by atoms with Crippen LogP contribution in [0.1, 0.15) is 25.6 Å². The minimum Gasteiger partial charge on any atom is -0.378 e. The fourth-order valence-corrected chi connectivity index (χ4v) is 3.63. The molecule has 1 saturated heterocycles. The van der Waals surface area contributed by atoms with Gasteiger partial charge in [-0.15, -0.1) is 0 Å². The van der Waals surface area contributed by atoms with Crippen LogP contribution in [0.3, 0.4) is 0 Å². The molecule has 1 aromatic rings. The Balaban J connectivity index is 1.85. The largest absolute Gasteiger partial charge is 0.378 e. The molecule has 0 aliphatic carbocycles. The van der Waals surface area contributed by atoms with Crippen molar-refractivity contribution in [2.45, 2.75) is 26.7 Å². The van der Waals surface area contributed by atoms with Gasteiger partial charge in [0.2, 0.25) is 10.0 Å². The zero-order chi connectivity index (χ0) is 17.4. The molecule has 9 heteroatoms. The number of hydrogen-bond acceptors (Lipinski definition) is 7. The molecule has 0 atom stereocenters. The number of nitrogens with one attached hydrogen (secondary N) is 2. The van der Waals surface area contributed by atoms with E-state index in [1.807, 2.05) is 19.9 Å². The Morgan fingerprint density at radius 1 is 1.25 bits per heavy atom. The van der Waals surface area contributed by atoms with Gasteiger partial charge >= 0.3 is 0 Å². The van der Waals surface area contributed by atoms with Crippen LogP contribution >= 0.6 is 0 Å². The van der Waals surface area contributed by atoms with Crippen LogP contribution in [0.25, 0.3) is 0 Å². The van der Waals surface area contributed by atoms with Crippen molar-refractivity contribution >= 4 is 21.7 Å². The zero-order valence-corrected chi connectivity index (χ0v) is 15.2. The fourth-order valence-electron chi connectivity index (χ4n) is 2.40. The minimum absolute atomic E-state index is 0.178. The van der Waals surface area contributed by atoms with Crippen LogP contribution in [0.4, 0.5) is 11.6 Å². The van der Waals surface area contributed by atoms with Gasteiger partial charge in [0.15, 0.2) is 0 Å². The number of morpholine rings is 1. The van der Waals surface area contributed by atoms with Crippen LogP contribution in [0.2, 0.25) is 0 Å². The molecule has 0 spiro atoms. The summed E-state index contributed by atoms with van der Waals surface area (Å²) in [5, 5.41) is 3.16. The number of ether oxygens (including phenoxy) is 1. The van der Waals surface area contributed by atoms with E-state index < -0.39 is 10.0 Å². The molecular weight excluding hydrogens is 330 g/mol. The molecule has 2 N–H and O–H groups in total. The summed E-state index contributed by atoms with van der Waals surface area (Å²) in [5.74, 6) is 2.44. The molecule has 1 aromatic heterocycles. The van der Waals surface area contributed by atoms with Gasteiger partial charge in [-0.05, 0) is 13.3 Å². The normalized spacial score (nSPS) is 15.5. The second kappa shape index (κ2) is 9.14. The first-order valence-electron chi connectivity index (χ1n) is 8.40. The first kappa shape index (κ1) is 18.9. The van der Waals surface area contributed by atoms with Crippen LogP contribution in [0.15, 0.2) is 6.07 Å². The topological polar surface area (TPSA) is 96.5 Å². The van der Waals surface area contributed by atoms with E-state index in [4.69, 9.17) is 4.74 Å². The van der Waals surface area contributed by atoms with Crippen molar-refractivity contribution in [3.05, 3.63) is 11.9 Å². The fraction of sp³-hybridized carbons (Fsp3) is 0.733. The van der Waals surface area contributed by atoms with Gasteiger partial charge in [0, 0.05) is 32.2 Å². The van der Waals surface area contributed by atoms with E-state index in [1.54, 1.807) is 0 Å². The molecule has 1 fully saturated rings. The molecule has 24 heavy (non-hydrogen) atoms. The Morgan fingerprint density at radius 3 is 2.71 bits per heavy atom. The lowest BCUT2D eigenvalue weighted by Gasteiger charge is -2.28. The van der Waals surface area contributed by atoms with Crippen molar-refractivity contribution in [3.8, 4) is 0 Å². The molecule has 0 saturated carbocycles. The predicted octanol–water partition coefficient (Wildman–Crippen LogP) is 0.753. The molecule has 0 aromatic carbocycles.